The summed E-state index contributed by atoms with van der Waals surface area (Å²) >= 11 is 0. The van der Waals surface area contributed by atoms with Crippen LogP contribution in [-0.2, 0) is 23.8 Å². The zero-order valence-electron chi connectivity index (χ0n) is 19.5. The van der Waals surface area contributed by atoms with E-state index in [4.69, 9.17) is 19.0 Å². The minimum atomic E-state index is -0.668. The van der Waals surface area contributed by atoms with Crippen molar-refractivity contribution in [2.75, 3.05) is 19.8 Å². The monoisotopic (exact) mass is 419 g/mol. The highest BCUT2D eigenvalue weighted by Gasteiger charge is 2.57. The van der Waals surface area contributed by atoms with Crippen LogP contribution < -0.4 is 0 Å². The standard InChI is InChI=1S/C24H37NO5/c1-18(20-11-9-8-10-12-20)30-25-21(3,4)13-24(14-22(25,5)6)28-16-23(7,17-29-24)15-27-19(2)26/h8-12,18H,13-17H2,1-7H3. The first kappa shape index (κ1) is 23.2. The van der Waals surface area contributed by atoms with Gasteiger partial charge in [-0.2, -0.15) is 5.06 Å². The first-order chi connectivity index (χ1) is 13.9. The molecule has 1 atom stereocenters. The maximum absolute atomic E-state index is 11.2. The zero-order chi connectivity index (χ0) is 22.2. The molecule has 30 heavy (non-hydrogen) atoms. The van der Waals surface area contributed by atoms with Crippen LogP contribution in [0.3, 0.4) is 0 Å². The summed E-state index contributed by atoms with van der Waals surface area (Å²) in [6, 6.07) is 10.3. The largest absolute Gasteiger partial charge is 0.465 e. The van der Waals surface area contributed by atoms with Gasteiger partial charge in [-0.25, -0.2) is 0 Å². The maximum atomic E-state index is 11.2. The summed E-state index contributed by atoms with van der Waals surface area (Å²) in [5.74, 6) is -0.949. The number of hydroxylamine groups is 2. The van der Waals surface area contributed by atoms with E-state index in [-0.39, 0.29) is 28.6 Å². The lowest BCUT2D eigenvalue weighted by Crippen LogP contribution is -2.68. The van der Waals surface area contributed by atoms with Crippen molar-refractivity contribution >= 4 is 5.97 Å². The molecule has 2 saturated heterocycles. The predicted molar refractivity (Wildman–Crippen MR) is 115 cm³/mol. The molecule has 2 heterocycles. The van der Waals surface area contributed by atoms with Crippen molar-refractivity contribution in [1.29, 1.82) is 0 Å². The van der Waals surface area contributed by atoms with Crippen molar-refractivity contribution in [3.05, 3.63) is 35.9 Å². The quantitative estimate of drug-likeness (QED) is 0.648. The van der Waals surface area contributed by atoms with E-state index in [1.54, 1.807) is 0 Å². The summed E-state index contributed by atoms with van der Waals surface area (Å²) in [5.41, 5.74) is 0.222. The molecule has 1 aromatic rings. The molecule has 1 spiro atoms. The molecule has 6 nitrogen and oxygen atoms in total. The van der Waals surface area contributed by atoms with Crippen LogP contribution >= 0.6 is 0 Å². The maximum Gasteiger partial charge on any atom is 0.302 e. The van der Waals surface area contributed by atoms with Crippen LogP contribution in [-0.4, -0.2) is 47.7 Å². The fraction of sp³-hybridized carbons (Fsp3) is 0.708. The Morgan fingerprint density at radius 3 is 2.07 bits per heavy atom. The van der Waals surface area contributed by atoms with Gasteiger partial charge in [-0.15, -0.1) is 0 Å². The normalized spacial score (nSPS) is 25.6. The number of nitrogens with zero attached hydrogens (tertiary/aromatic N) is 1. The highest BCUT2D eigenvalue weighted by Crippen LogP contribution is 2.49. The Balaban J connectivity index is 1.71. The third-order valence-corrected chi connectivity index (χ3v) is 6.03. The third-order valence-electron chi connectivity index (χ3n) is 6.03. The first-order valence-electron chi connectivity index (χ1n) is 10.8. The van der Waals surface area contributed by atoms with Gasteiger partial charge in [0.1, 0.15) is 12.7 Å². The molecule has 1 aromatic carbocycles. The third kappa shape index (κ3) is 5.05. The van der Waals surface area contributed by atoms with Crippen LogP contribution in [0.4, 0.5) is 0 Å². The molecule has 2 aliphatic rings. The lowest BCUT2D eigenvalue weighted by Gasteiger charge is -2.59. The number of rotatable bonds is 5. The predicted octanol–water partition coefficient (Wildman–Crippen LogP) is 4.64. The Morgan fingerprint density at radius 2 is 1.57 bits per heavy atom. The van der Waals surface area contributed by atoms with Gasteiger partial charge >= 0.3 is 5.97 Å². The number of benzene rings is 1. The van der Waals surface area contributed by atoms with Crippen molar-refractivity contribution in [2.24, 2.45) is 5.41 Å². The minimum Gasteiger partial charge on any atom is -0.465 e. The van der Waals surface area contributed by atoms with Gasteiger partial charge in [-0.05, 0) is 40.2 Å². The fourth-order valence-electron chi connectivity index (χ4n) is 4.83. The molecule has 0 amide bonds. The molecule has 0 aliphatic carbocycles. The zero-order valence-corrected chi connectivity index (χ0v) is 19.5. The van der Waals surface area contributed by atoms with Gasteiger partial charge in [0, 0.05) is 36.3 Å². The molecule has 168 valence electrons. The number of carbonyl (C=O) groups is 1. The van der Waals surface area contributed by atoms with E-state index in [9.17, 15) is 4.79 Å². The summed E-state index contributed by atoms with van der Waals surface area (Å²) in [6.45, 7) is 15.5. The average molecular weight is 420 g/mol. The van der Waals surface area contributed by atoms with Crippen LogP contribution in [0.15, 0.2) is 30.3 Å². The van der Waals surface area contributed by atoms with E-state index in [0.29, 0.717) is 32.7 Å². The molecule has 3 rings (SSSR count). The second-order valence-corrected chi connectivity index (χ2v) is 10.5. The molecule has 1 unspecified atom stereocenters. The smallest absolute Gasteiger partial charge is 0.302 e. The van der Waals surface area contributed by atoms with E-state index < -0.39 is 5.79 Å². The Morgan fingerprint density at radius 1 is 1.03 bits per heavy atom. The Kier molecular flexibility index (Phi) is 6.36. The van der Waals surface area contributed by atoms with E-state index in [1.165, 1.54) is 6.92 Å². The van der Waals surface area contributed by atoms with Gasteiger partial charge in [0.2, 0.25) is 0 Å². The summed E-state index contributed by atoms with van der Waals surface area (Å²) in [5, 5.41) is 2.13. The van der Waals surface area contributed by atoms with Crippen LogP contribution in [0.1, 0.15) is 73.0 Å². The topological polar surface area (TPSA) is 57.2 Å². The van der Waals surface area contributed by atoms with Crippen molar-refractivity contribution in [2.45, 2.75) is 84.3 Å². The molecular weight excluding hydrogens is 382 g/mol. The molecule has 0 saturated carbocycles. The SMILES string of the molecule is CC(=O)OCC1(C)COC2(CC(C)(C)N(OC(C)c3ccccc3)C(C)(C)C2)OC1. The highest BCUT2D eigenvalue weighted by atomic mass is 16.7. The van der Waals surface area contributed by atoms with E-state index in [0.717, 1.165) is 5.56 Å². The Bertz CT molecular complexity index is 717. The summed E-state index contributed by atoms with van der Waals surface area (Å²) in [4.78, 5) is 17.7. The molecule has 2 fully saturated rings. The summed E-state index contributed by atoms with van der Waals surface area (Å²) in [7, 11) is 0. The molecule has 0 bridgehead atoms. The number of carbonyl (C=O) groups excluding carboxylic acids is 1. The average Bonchev–Trinajstić information content (AvgIpc) is 2.66. The molecule has 0 N–H and O–H groups in total. The number of piperidine rings is 1. The van der Waals surface area contributed by atoms with Gasteiger partial charge < -0.3 is 14.2 Å². The number of esters is 1. The van der Waals surface area contributed by atoms with Crippen LogP contribution in [0.2, 0.25) is 0 Å². The molecular formula is C24H37NO5. The van der Waals surface area contributed by atoms with Crippen molar-refractivity contribution in [3.8, 4) is 0 Å². The van der Waals surface area contributed by atoms with Gasteiger partial charge in [0.15, 0.2) is 5.79 Å². The van der Waals surface area contributed by atoms with Crippen molar-refractivity contribution in [1.82, 2.24) is 5.06 Å². The van der Waals surface area contributed by atoms with Crippen LogP contribution in [0.5, 0.6) is 0 Å². The number of hydrogen-bond donors (Lipinski definition) is 0. The van der Waals surface area contributed by atoms with E-state index >= 15 is 0 Å². The van der Waals surface area contributed by atoms with Gasteiger partial charge in [-0.1, -0.05) is 37.3 Å². The molecule has 0 aromatic heterocycles. The molecule has 0 radical (unpaired) electrons. The lowest BCUT2D eigenvalue weighted by molar-refractivity contribution is -0.389. The fourth-order valence-corrected chi connectivity index (χ4v) is 4.83. The minimum absolute atomic E-state index is 0.0565. The number of ether oxygens (including phenoxy) is 3. The lowest BCUT2D eigenvalue weighted by atomic mass is 9.77. The summed E-state index contributed by atoms with van der Waals surface area (Å²) in [6.07, 6.45) is 1.32. The number of hydrogen-bond acceptors (Lipinski definition) is 6. The van der Waals surface area contributed by atoms with E-state index in [2.05, 4.69) is 51.8 Å². The van der Waals surface area contributed by atoms with E-state index in [1.807, 2.05) is 25.1 Å². The molecule has 6 heteroatoms. The van der Waals surface area contributed by atoms with Gasteiger partial charge in [0.05, 0.1) is 13.2 Å². The van der Waals surface area contributed by atoms with Gasteiger partial charge in [-0.3, -0.25) is 9.63 Å². The second kappa shape index (κ2) is 8.23. The highest BCUT2D eigenvalue weighted by molar-refractivity contribution is 5.65. The Labute approximate surface area is 180 Å². The van der Waals surface area contributed by atoms with Crippen molar-refractivity contribution < 1.29 is 23.8 Å². The first-order valence-corrected chi connectivity index (χ1v) is 10.8. The summed E-state index contributed by atoms with van der Waals surface area (Å²) < 4.78 is 18.0. The van der Waals surface area contributed by atoms with Crippen molar-refractivity contribution in [3.63, 3.8) is 0 Å². The second-order valence-electron chi connectivity index (χ2n) is 10.5. The van der Waals surface area contributed by atoms with Gasteiger partial charge in [0.25, 0.3) is 0 Å². The van der Waals surface area contributed by atoms with Crippen LogP contribution in [0.25, 0.3) is 0 Å². The Hall–Kier alpha value is -1.47. The molecule has 2 aliphatic heterocycles. The van der Waals surface area contributed by atoms with Crippen LogP contribution in [0, 0.1) is 5.41 Å².